The van der Waals surface area contributed by atoms with E-state index in [9.17, 15) is 0 Å². The van der Waals surface area contributed by atoms with Gasteiger partial charge in [-0.2, -0.15) is 0 Å². The van der Waals surface area contributed by atoms with Crippen molar-refractivity contribution in [3.63, 3.8) is 0 Å². The molecule has 1 aromatic rings. The van der Waals surface area contributed by atoms with Crippen molar-refractivity contribution in [1.29, 1.82) is 0 Å². The number of hydrogen-bond acceptors (Lipinski definition) is 1. The first kappa shape index (κ1) is 4.53. The molecule has 1 heterocycles. The van der Waals surface area contributed by atoms with Crippen molar-refractivity contribution < 1.29 is 5.11 Å². The molecule has 0 amide bonds. The molecule has 0 bridgehead atoms. The number of nitrogens with one attached hydrogen (secondary N) is 1. The highest BCUT2D eigenvalue weighted by atomic mass is 35.5. The largest absolute Gasteiger partial charge is 0.505 e. The van der Waals surface area contributed by atoms with E-state index >= 15 is 0 Å². The fraction of sp³-hybridized carbons (Fsp3) is 0. The van der Waals surface area contributed by atoms with Crippen LogP contribution in [0.3, 0.4) is 0 Å². The zero-order valence-corrected chi connectivity index (χ0v) is 4.24. The predicted octanol–water partition coefficient (Wildman–Crippen LogP) is 1.37. The van der Waals surface area contributed by atoms with Gasteiger partial charge in [0.15, 0.2) is 5.75 Å². The van der Waals surface area contributed by atoms with E-state index in [1.807, 2.05) is 0 Å². The maximum Gasteiger partial charge on any atom is 0.152 e. The molecule has 2 N–H and O–H groups in total. The Labute approximate surface area is 45.7 Å². The van der Waals surface area contributed by atoms with Crippen LogP contribution in [-0.2, 0) is 0 Å². The lowest BCUT2D eigenvalue weighted by Gasteiger charge is -1.78. The maximum absolute atomic E-state index is 8.60. The molecule has 2 nitrogen and oxygen atoms in total. The van der Waals surface area contributed by atoms with Gasteiger partial charge < -0.3 is 10.1 Å². The second-order valence-electron chi connectivity index (χ2n) is 1.18. The zero-order valence-electron chi connectivity index (χ0n) is 3.48. The maximum atomic E-state index is 8.60. The first-order valence-electron chi connectivity index (χ1n) is 1.82. The number of aromatic nitrogens is 1. The summed E-state index contributed by atoms with van der Waals surface area (Å²) in [6.45, 7) is 0. The minimum absolute atomic E-state index is 0.0988. The smallest absolute Gasteiger partial charge is 0.152 e. The van der Waals surface area contributed by atoms with E-state index in [4.69, 9.17) is 16.7 Å². The molecule has 0 radical (unpaired) electrons. The summed E-state index contributed by atoms with van der Waals surface area (Å²) in [5.41, 5.74) is 0. The van der Waals surface area contributed by atoms with Crippen molar-refractivity contribution in [1.82, 2.24) is 4.98 Å². The van der Waals surface area contributed by atoms with Crippen LogP contribution < -0.4 is 0 Å². The van der Waals surface area contributed by atoms with Gasteiger partial charge in [0.1, 0.15) is 5.15 Å². The normalized spacial score (nSPS) is 9.29. The van der Waals surface area contributed by atoms with Gasteiger partial charge in [-0.1, -0.05) is 11.6 Å². The summed E-state index contributed by atoms with van der Waals surface area (Å²) in [6.07, 6.45) is 1.57. The minimum Gasteiger partial charge on any atom is -0.505 e. The van der Waals surface area contributed by atoms with Crippen molar-refractivity contribution >= 4 is 11.6 Å². The van der Waals surface area contributed by atoms with Gasteiger partial charge in [-0.25, -0.2) is 0 Å². The molecule has 0 spiro atoms. The summed E-state index contributed by atoms with van der Waals surface area (Å²) < 4.78 is 0. The van der Waals surface area contributed by atoms with E-state index in [2.05, 4.69) is 4.98 Å². The number of rotatable bonds is 0. The Morgan fingerprint density at radius 2 is 2.43 bits per heavy atom. The van der Waals surface area contributed by atoms with Gasteiger partial charge in [0, 0.05) is 6.20 Å². The Hall–Kier alpha value is -0.630. The highest BCUT2D eigenvalue weighted by Gasteiger charge is 1.92. The Morgan fingerprint density at radius 3 is 2.57 bits per heavy atom. The van der Waals surface area contributed by atoms with Gasteiger partial charge in [-0.05, 0) is 6.07 Å². The Kier molecular flexibility index (Phi) is 0.947. The van der Waals surface area contributed by atoms with Crippen molar-refractivity contribution in [2.24, 2.45) is 0 Å². The van der Waals surface area contributed by atoms with Crippen LogP contribution >= 0.6 is 11.6 Å². The van der Waals surface area contributed by atoms with E-state index in [0.717, 1.165) is 0 Å². The van der Waals surface area contributed by atoms with Crippen molar-refractivity contribution in [3.8, 4) is 5.75 Å². The van der Waals surface area contributed by atoms with Crippen LogP contribution in [0.5, 0.6) is 5.75 Å². The Morgan fingerprint density at radius 1 is 1.71 bits per heavy atom. The molecule has 3 heteroatoms. The lowest BCUT2D eigenvalue weighted by atomic mass is 10.6. The highest BCUT2D eigenvalue weighted by Crippen LogP contribution is 2.18. The van der Waals surface area contributed by atoms with Crippen molar-refractivity contribution in [2.45, 2.75) is 0 Å². The molecule has 1 aromatic heterocycles. The summed E-state index contributed by atoms with van der Waals surface area (Å²) in [4.78, 5) is 2.58. The van der Waals surface area contributed by atoms with Gasteiger partial charge in [-0.15, -0.1) is 0 Å². The third-order valence-corrected chi connectivity index (χ3v) is 0.979. The van der Waals surface area contributed by atoms with Crippen LogP contribution in [0, 0.1) is 0 Å². The quantitative estimate of drug-likeness (QED) is 0.529. The van der Waals surface area contributed by atoms with Crippen LogP contribution in [0.15, 0.2) is 12.3 Å². The molecular formula is C4H4ClNO. The first-order valence-corrected chi connectivity index (χ1v) is 2.20. The number of aromatic hydroxyl groups is 1. The second kappa shape index (κ2) is 1.46. The number of aromatic amines is 1. The van der Waals surface area contributed by atoms with E-state index in [0.29, 0.717) is 5.15 Å². The van der Waals surface area contributed by atoms with E-state index < -0.39 is 0 Å². The highest BCUT2D eigenvalue weighted by molar-refractivity contribution is 6.30. The molecule has 0 aromatic carbocycles. The van der Waals surface area contributed by atoms with E-state index in [1.54, 1.807) is 6.20 Å². The molecule has 0 unspecified atom stereocenters. The third kappa shape index (κ3) is 0.695. The fourth-order valence-corrected chi connectivity index (χ4v) is 0.467. The van der Waals surface area contributed by atoms with Crippen molar-refractivity contribution in [3.05, 3.63) is 17.4 Å². The molecular weight excluding hydrogens is 114 g/mol. The minimum atomic E-state index is 0.0988. The Balaban J connectivity index is 3.12. The number of halogens is 1. The van der Waals surface area contributed by atoms with E-state index in [-0.39, 0.29) is 5.75 Å². The SMILES string of the molecule is Oc1cc[nH]c1Cl. The van der Waals surface area contributed by atoms with Crippen LogP contribution in [0.25, 0.3) is 0 Å². The topological polar surface area (TPSA) is 36.0 Å². The van der Waals surface area contributed by atoms with Gasteiger partial charge >= 0.3 is 0 Å². The Bertz CT molecular complexity index is 144. The lowest BCUT2D eigenvalue weighted by Crippen LogP contribution is -1.55. The summed E-state index contributed by atoms with van der Waals surface area (Å²) >= 11 is 5.32. The molecule has 1 rings (SSSR count). The van der Waals surface area contributed by atoms with Crippen LogP contribution in [-0.4, -0.2) is 10.1 Å². The molecule has 0 fully saturated rings. The first-order chi connectivity index (χ1) is 3.30. The van der Waals surface area contributed by atoms with Gasteiger partial charge in [0.25, 0.3) is 0 Å². The molecule has 0 aliphatic heterocycles. The molecule has 0 atom stereocenters. The van der Waals surface area contributed by atoms with Gasteiger partial charge in [-0.3, -0.25) is 0 Å². The monoisotopic (exact) mass is 117 g/mol. The molecule has 0 aliphatic rings. The van der Waals surface area contributed by atoms with Gasteiger partial charge in [0.2, 0.25) is 0 Å². The molecule has 0 saturated heterocycles. The average Bonchev–Trinajstić information content (AvgIpc) is 1.91. The van der Waals surface area contributed by atoms with E-state index in [1.165, 1.54) is 6.07 Å². The van der Waals surface area contributed by atoms with Gasteiger partial charge in [0.05, 0.1) is 0 Å². The standard InChI is InChI=1S/C4H4ClNO/c5-4-3(7)1-2-6-4/h1-2,6-7H. The summed E-state index contributed by atoms with van der Waals surface area (Å²) in [6, 6.07) is 1.49. The van der Waals surface area contributed by atoms with Crippen molar-refractivity contribution in [2.75, 3.05) is 0 Å². The number of H-pyrrole nitrogens is 1. The zero-order chi connectivity index (χ0) is 5.28. The fourth-order valence-electron chi connectivity index (χ4n) is 0.341. The average molecular weight is 118 g/mol. The summed E-state index contributed by atoms with van der Waals surface area (Å²) in [5, 5.41) is 8.89. The number of hydrogen-bond donors (Lipinski definition) is 2. The summed E-state index contributed by atoms with van der Waals surface area (Å²) in [7, 11) is 0. The lowest BCUT2D eigenvalue weighted by molar-refractivity contribution is 0.476. The third-order valence-electron chi connectivity index (χ3n) is 0.676. The van der Waals surface area contributed by atoms with Crippen LogP contribution in [0.2, 0.25) is 5.15 Å². The molecule has 7 heavy (non-hydrogen) atoms. The molecule has 38 valence electrons. The predicted molar refractivity (Wildman–Crippen MR) is 27.5 cm³/mol. The van der Waals surface area contributed by atoms with Crippen LogP contribution in [0.1, 0.15) is 0 Å². The second-order valence-corrected chi connectivity index (χ2v) is 1.55. The van der Waals surface area contributed by atoms with Crippen LogP contribution in [0.4, 0.5) is 0 Å². The molecule has 0 saturated carbocycles. The molecule has 0 aliphatic carbocycles. The summed E-state index contributed by atoms with van der Waals surface area (Å²) in [5.74, 6) is 0.0988.